The monoisotopic (exact) mass is 345 g/mol. The number of ether oxygens (including phenoxy) is 1. The Morgan fingerprint density at radius 2 is 1.75 bits per heavy atom. The highest BCUT2D eigenvalue weighted by Gasteiger charge is 2.19. The van der Waals surface area contributed by atoms with Gasteiger partial charge in [-0.2, -0.15) is 0 Å². The lowest BCUT2D eigenvalue weighted by Gasteiger charge is -2.21. The Morgan fingerprint density at radius 3 is 2.42 bits per heavy atom. The lowest BCUT2D eigenvalue weighted by atomic mass is 10.00. The van der Waals surface area contributed by atoms with Crippen LogP contribution in [0.5, 0.6) is 5.75 Å². The van der Waals surface area contributed by atoms with Gasteiger partial charge in [-0.25, -0.2) is 0 Å². The van der Waals surface area contributed by atoms with Gasteiger partial charge < -0.3 is 10.1 Å². The molecule has 0 radical (unpaired) electrons. The minimum atomic E-state index is -0.585. The predicted octanol–water partition coefficient (Wildman–Crippen LogP) is 4.91. The third-order valence-corrected chi connectivity index (χ3v) is 4.50. The van der Waals surface area contributed by atoms with Crippen LogP contribution in [0.25, 0.3) is 0 Å². The summed E-state index contributed by atoms with van der Waals surface area (Å²) in [6, 6.07) is 11.6. The molecule has 0 aliphatic carbocycles. The fourth-order valence-corrected chi connectivity index (χ4v) is 2.70. The maximum absolute atomic E-state index is 12.4. The summed E-state index contributed by atoms with van der Waals surface area (Å²) in [5, 5.41) is 3.70. The lowest BCUT2D eigenvalue weighted by molar-refractivity contribution is -0.127. The van der Waals surface area contributed by atoms with Crippen molar-refractivity contribution in [3.05, 3.63) is 63.7 Å². The summed E-state index contributed by atoms with van der Waals surface area (Å²) >= 11 is 6.01. The van der Waals surface area contributed by atoms with Gasteiger partial charge in [-0.05, 0) is 69.5 Å². The molecule has 0 spiro atoms. The molecule has 0 aromatic heterocycles. The smallest absolute Gasteiger partial charge is 0.261 e. The van der Waals surface area contributed by atoms with Crippen molar-refractivity contribution in [2.24, 2.45) is 0 Å². The molecule has 2 rings (SSSR count). The molecule has 0 bridgehead atoms. The van der Waals surface area contributed by atoms with Crippen molar-refractivity contribution < 1.29 is 9.53 Å². The number of hydrogen-bond donors (Lipinski definition) is 1. The normalized spacial score (nSPS) is 13.2. The van der Waals surface area contributed by atoms with Crippen LogP contribution < -0.4 is 10.1 Å². The van der Waals surface area contributed by atoms with Gasteiger partial charge in [0.25, 0.3) is 5.91 Å². The molecule has 128 valence electrons. The van der Waals surface area contributed by atoms with Crippen LogP contribution in [0, 0.1) is 20.8 Å². The van der Waals surface area contributed by atoms with Crippen LogP contribution in [-0.2, 0) is 4.79 Å². The fraction of sp³-hybridized carbons (Fsp3) is 0.350. The number of aryl methyl sites for hydroxylation is 3. The van der Waals surface area contributed by atoms with Crippen LogP contribution >= 0.6 is 11.6 Å². The molecule has 0 aliphatic heterocycles. The maximum Gasteiger partial charge on any atom is 0.261 e. The van der Waals surface area contributed by atoms with Crippen LogP contribution in [0.1, 0.15) is 42.1 Å². The predicted molar refractivity (Wildman–Crippen MR) is 98.8 cm³/mol. The second kappa shape index (κ2) is 7.71. The Hall–Kier alpha value is -2.00. The van der Waals surface area contributed by atoms with E-state index in [1.165, 1.54) is 5.56 Å². The molecule has 0 fully saturated rings. The van der Waals surface area contributed by atoms with E-state index < -0.39 is 6.10 Å². The number of carbonyl (C=O) groups excluding carboxylic acids is 1. The van der Waals surface area contributed by atoms with Gasteiger partial charge in [-0.15, -0.1) is 0 Å². The molecule has 2 atom stereocenters. The number of carbonyl (C=O) groups is 1. The van der Waals surface area contributed by atoms with Gasteiger partial charge in [0, 0.05) is 5.02 Å². The first-order chi connectivity index (χ1) is 11.3. The second-order valence-electron chi connectivity index (χ2n) is 6.26. The van der Waals surface area contributed by atoms with Gasteiger partial charge in [0.15, 0.2) is 6.10 Å². The molecule has 0 saturated carbocycles. The van der Waals surface area contributed by atoms with E-state index >= 15 is 0 Å². The molecular weight excluding hydrogens is 322 g/mol. The third kappa shape index (κ3) is 4.51. The molecule has 2 aromatic carbocycles. The molecular formula is C20H24ClNO2. The third-order valence-electron chi connectivity index (χ3n) is 4.07. The van der Waals surface area contributed by atoms with Crippen molar-refractivity contribution in [1.29, 1.82) is 0 Å². The van der Waals surface area contributed by atoms with Gasteiger partial charge >= 0.3 is 0 Å². The van der Waals surface area contributed by atoms with E-state index in [4.69, 9.17) is 16.3 Å². The summed E-state index contributed by atoms with van der Waals surface area (Å²) in [6.45, 7) is 9.73. The van der Waals surface area contributed by atoms with Crippen molar-refractivity contribution in [2.75, 3.05) is 0 Å². The Labute approximate surface area is 149 Å². The number of rotatable bonds is 5. The second-order valence-corrected chi connectivity index (χ2v) is 6.67. The summed E-state index contributed by atoms with van der Waals surface area (Å²) < 4.78 is 5.73. The Kier molecular flexibility index (Phi) is 5.89. The summed E-state index contributed by atoms with van der Waals surface area (Å²) in [6.07, 6.45) is -0.585. The first kappa shape index (κ1) is 18.3. The van der Waals surface area contributed by atoms with Gasteiger partial charge in [0.05, 0.1) is 6.04 Å². The van der Waals surface area contributed by atoms with E-state index in [2.05, 4.69) is 23.5 Å². The zero-order chi connectivity index (χ0) is 17.9. The van der Waals surface area contributed by atoms with E-state index in [1.807, 2.05) is 33.8 Å². The van der Waals surface area contributed by atoms with Gasteiger partial charge in [0.2, 0.25) is 0 Å². The average molecular weight is 346 g/mol. The van der Waals surface area contributed by atoms with E-state index in [1.54, 1.807) is 19.1 Å². The van der Waals surface area contributed by atoms with Crippen LogP contribution in [0.15, 0.2) is 36.4 Å². The summed E-state index contributed by atoms with van der Waals surface area (Å²) in [7, 11) is 0. The number of halogens is 1. The van der Waals surface area contributed by atoms with E-state index in [-0.39, 0.29) is 11.9 Å². The fourth-order valence-electron chi connectivity index (χ4n) is 2.58. The molecule has 1 N–H and O–H groups in total. The number of nitrogens with one attached hydrogen (secondary N) is 1. The minimum absolute atomic E-state index is 0.0737. The maximum atomic E-state index is 12.4. The number of hydrogen-bond acceptors (Lipinski definition) is 2. The summed E-state index contributed by atoms with van der Waals surface area (Å²) in [4.78, 5) is 12.4. The van der Waals surface area contributed by atoms with Crippen LogP contribution in [0.3, 0.4) is 0 Å². The van der Waals surface area contributed by atoms with Crippen molar-refractivity contribution in [3.8, 4) is 5.75 Å². The highest BCUT2D eigenvalue weighted by molar-refractivity contribution is 6.31. The molecule has 4 heteroatoms. The molecule has 0 unspecified atom stereocenters. The van der Waals surface area contributed by atoms with Crippen molar-refractivity contribution in [1.82, 2.24) is 5.32 Å². The van der Waals surface area contributed by atoms with E-state index in [9.17, 15) is 4.79 Å². The molecule has 0 heterocycles. The quantitative estimate of drug-likeness (QED) is 0.836. The van der Waals surface area contributed by atoms with Crippen molar-refractivity contribution in [3.63, 3.8) is 0 Å². The van der Waals surface area contributed by atoms with E-state index in [0.29, 0.717) is 10.8 Å². The summed E-state index contributed by atoms with van der Waals surface area (Å²) in [5.41, 5.74) is 4.39. The van der Waals surface area contributed by atoms with E-state index in [0.717, 1.165) is 16.7 Å². The first-order valence-corrected chi connectivity index (χ1v) is 8.46. The number of amides is 1. The Bertz CT molecular complexity index is 742. The molecule has 0 aliphatic rings. The van der Waals surface area contributed by atoms with Gasteiger partial charge in [-0.1, -0.05) is 35.4 Å². The van der Waals surface area contributed by atoms with Crippen LogP contribution in [0.4, 0.5) is 0 Å². The molecule has 0 saturated heterocycles. The standard InChI is InChI=1S/C20H24ClNO2/c1-12-6-7-13(2)18(10-12)15(4)22-20(23)16(5)24-17-8-9-19(21)14(3)11-17/h6-11,15-16H,1-5H3,(H,22,23)/t15-,16+/m0/s1. The average Bonchev–Trinajstić information content (AvgIpc) is 2.53. The van der Waals surface area contributed by atoms with Crippen molar-refractivity contribution >= 4 is 17.5 Å². The zero-order valence-corrected chi connectivity index (χ0v) is 15.6. The lowest BCUT2D eigenvalue weighted by Crippen LogP contribution is -2.38. The Balaban J connectivity index is 2.02. The zero-order valence-electron chi connectivity index (χ0n) is 14.8. The van der Waals surface area contributed by atoms with Crippen LogP contribution in [-0.4, -0.2) is 12.0 Å². The molecule has 3 nitrogen and oxygen atoms in total. The summed E-state index contributed by atoms with van der Waals surface area (Å²) in [5.74, 6) is 0.495. The molecule has 1 amide bonds. The van der Waals surface area contributed by atoms with Crippen LogP contribution in [0.2, 0.25) is 5.02 Å². The highest BCUT2D eigenvalue weighted by atomic mass is 35.5. The highest BCUT2D eigenvalue weighted by Crippen LogP contribution is 2.22. The van der Waals surface area contributed by atoms with Gasteiger partial charge in [-0.3, -0.25) is 4.79 Å². The SMILES string of the molecule is Cc1ccc(C)c([C@H](C)NC(=O)[C@@H](C)Oc2ccc(Cl)c(C)c2)c1. The number of benzene rings is 2. The van der Waals surface area contributed by atoms with Crippen molar-refractivity contribution in [2.45, 2.75) is 46.8 Å². The van der Waals surface area contributed by atoms with Gasteiger partial charge in [0.1, 0.15) is 5.75 Å². The Morgan fingerprint density at radius 1 is 1.04 bits per heavy atom. The first-order valence-electron chi connectivity index (χ1n) is 8.08. The topological polar surface area (TPSA) is 38.3 Å². The minimum Gasteiger partial charge on any atom is -0.481 e. The molecule has 24 heavy (non-hydrogen) atoms. The molecule has 2 aromatic rings. The largest absolute Gasteiger partial charge is 0.481 e.